The number of likely N-dealkylation sites (tertiary alicyclic amines) is 1. The van der Waals surface area contributed by atoms with Gasteiger partial charge in [0.25, 0.3) is 0 Å². The van der Waals surface area contributed by atoms with Gasteiger partial charge in [-0.1, -0.05) is 32.4 Å². The van der Waals surface area contributed by atoms with Crippen LogP contribution in [-0.2, 0) is 14.3 Å². The molecule has 0 atom stereocenters. The van der Waals surface area contributed by atoms with Gasteiger partial charge in [-0.25, -0.2) is 9.59 Å². The maximum atomic E-state index is 12.6. The lowest BCUT2D eigenvalue weighted by Gasteiger charge is -2.26. The zero-order valence-corrected chi connectivity index (χ0v) is 18.5. The molecule has 1 saturated heterocycles. The fraction of sp³-hybridized carbons (Fsp3) is 0.652. The predicted molar refractivity (Wildman–Crippen MR) is 113 cm³/mol. The molecule has 29 heavy (non-hydrogen) atoms. The molecule has 0 N–H and O–H groups in total. The number of piperidine rings is 1. The first-order valence-corrected chi connectivity index (χ1v) is 10.6. The van der Waals surface area contributed by atoms with E-state index in [-0.39, 0.29) is 18.6 Å². The Balaban J connectivity index is 2.02. The van der Waals surface area contributed by atoms with Gasteiger partial charge in [0.1, 0.15) is 17.9 Å². The lowest BCUT2D eigenvalue weighted by Crippen LogP contribution is -2.33. The average molecular weight is 406 g/mol. The van der Waals surface area contributed by atoms with Crippen LogP contribution in [0.25, 0.3) is 0 Å². The van der Waals surface area contributed by atoms with E-state index in [9.17, 15) is 9.59 Å². The Morgan fingerprint density at radius 2 is 1.76 bits per heavy atom. The quantitative estimate of drug-likeness (QED) is 0.577. The maximum Gasteiger partial charge on any atom is 0.344 e. The van der Waals surface area contributed by atoms with Gasteiger partial charge in [-0.05, 0) is 63.7 Å². The van der Waals surface area contributed by atoms with Crippen LogP contribution < -0.4 is 4.74 Å². The fourth-order valence-electron chi connectivity index (χ4n) is 3.48. The molecule has 1 aromatic carbocycles. The van der Waals surface area contributed by atoms with Gasteiger partial charge in [-0.2, -0.15) is 0 Å². The molecule has 0 unspecified atom stereocenters. The Hall–Kier alpha value is -2.08. The number of nitrogens with zero attached hydrogens (tertiary/aromatic N) is 1. The van der Waals surface area contributed by atoms with E-state index in [0.717, 1.165) is 30.8 Å². The highest BCUT2D eigenvalue weighted by atomic mass is 16.6. The molecule has 0 saturated carbocycles. The lowest BCUT2D eigenvalue weighted by atomic mass is 9.96. The Morgan fingerprint density at radius 3 is 2.38 bits per heavy atom. The number of ether oxygens (including phenoxy) is 3. The molecular formula is C23H35NO5. The molecule has 0 aromatic heterocycles. The van der Waals surface area contributed by atoms with Crippen molar-refractivity contribution in [2.24, 2.45) is 0 Å². The van der Waals surface area contributed by atoms with Gasteiger partial charge < -0.3 is 14.2 Å². The van der Waals surface area contributed by atoms with Gasteiger partial charge in [-0.15, -0.1) is 0 Å². The third-order valence-electron chi connectivity index (χ3n) is 5.02. The van der Waals surface area contributed by atoms with E-state index in [2.05, 4.69) is 4.90 Å². The van der Waals surface area contributed by atoms with E-state index in [1.807, 2.05) is 32.9 Å². The van der Waals surface area contributed by atoms with Gasteiger partial charge in [0.15, 0.2) is 6.61 Å². The van der Waals surface area contributed by atoms with Crippen LogP contribution in [0.2, 0.25) is 0 Å². The molecule has 0 aliphatic carbocycles. The molecule has 1 fully saturated rings. The third kappa shape index (κ3) is 7.03. The predicted octanol–water partition coefficient (Wildman–Crippen LogP) is 4.09. The lowest BCUT2D eigenvalue weighted by molar-refractivity contribution is -0.146. The smallest absolute Gasteiger partial charge is 0.344 e. The summed E-state index contributed by atoms with van der Waals surface area (Å²) in [6.45, 7) is 12.5. The van der Waals surface area contributed by atoms with Gasteiger partial charge in [-0.3, -0.25) is 4.90 Å². The van der Waals surface area contributed by atoms with E-state index >= 15 is 0 Å². The summed E-state index contributed by atoms with van der Waals surface area (Å²) in [6, 6.07) is 3.82. The van der Waals surface area contributed by atoms with Crippen molar-refractivity contribution < 1.29 is 23.8 Å². The third-order valence-corrected chi connectivity index (χ3v) is 5.02. The maximum absolute atomic E-state index is 12.6. The van der Waals surface area contributed by atoms with Gasteiger partial charge >= 0.3 is 11.9 Å². The van der Waals surface area contributed by atoms with E-state index in [4.69, 9.17) is 14.2 Å². The largest absolute Gasteiger partial charge is 0.481 e. The minimum absolute atomic E-state index is 0.131. The van der Waals surface area contributed by atoms with Crippen LogP contribution in [0.3, 0.4) is 0 Å². The molecule has 0 radical (unpaired) electrons. The summed E-state index contributed by atoms with van der Waals surface area (Å²) in [7, 11) is 0. The van der Waals surface area contributed by atoms with Crippen molar-refractivity contribution in [1.82, 2.24) is 4.90 Å². The number of hydrogen-bond donors (Lipinski definition) is 0. The highest BCUT2D eigenvalue weighted by Gasteiger charge is 2.23. The van der Waals surface area contributed by atoms with Crippen LogP contribution in [0.1, 0.15) is 74.4 Å². The van der Waals surface area contributed by atoms with Crippen molar-refractivity contribution in [1.29, 1.82) is 0 Å². The van der Waals surface area contributed by atoms with Crippen molar-refractivity contribution in [2.45, 2.75) is 65.9 Å². The summed E-state index contributed by atoms with van der Waals surface area (Å²) >= 11 is 0. The molecule has 0 spiro atoms. The number of rotatable bonds is 9. The second kappa shape index (κ2) is 11.2. The normalized spacial score (nSPS) is 14.9. The van der Waals surface area contributed by atoms with Crippen molar-refractivity contribution in [3.05, 3.63) is 28.8 Å². The number of carbonyl (C=O) groups excluding carboxylic acids is 2. The first-order valence-electron chi connectivity index (χ1n) is 10.6. The second-order valence-electron chi connectivity index (χ2n) is 8.20. The highest BCUT2D eigenvalue weighted by molar-refractivity contribution is 5.95. The molecule has 6 nitrogen and oxygen atoms in total. The second-order valence-corrected chi connectivity index (χ2v) is 8.20. The molecule has 1 aliphatic rings. The molecule has 1 aromatic rings. The average Bonchev–Trinajstić information content (AvgIpc) is 2.66. The van der Waals surface area contributed by atoms with E-state index in [1.54, 1.807) is 13.8 Å². The van der Waals surface area contributed by atoms with Crippen LogP contribution in [0.4, 0.5) is 0 Å². The molecule has 6 heteroatoms. The molecule has 162 valence electrons. The number of hydrogen-bond acceptors (Lipinski definition) is 6. The number of benzene rings is 1. The van der Waals surface area contributed by atoms with Crippen LogP contribution >= 0.6 is 0 Å². The minimum atomic E-state index is -0.437. The van der Waals surface area contributed by atoms with Gasteiger partial charge in [0.2, 0.25) is 0 Å². The molecular weight excluding hydrogens is 370 g/mol. The summed E-state index contributed by atoms with van der Waals surface area (Å²) in [5.41, 5.74) is 2.01. The number of esters is 2. The zero-order chi connectivity index (χ0) is 21.4. The van der Waals surface area contributed by atoms with Crippen molar-refractivity contribution in [3.63, 3.8) is 0 Å². The van der Waals surface area contributed by atoms with Crippen molar-refractivity contribution in [2.75, 3.05) is 32.8 Å². The SMILES string of the molecule is Cc1ccc(C(C)C)c(OCC(=O)OCCN2CCCCC2)c1C(=O)OC(C)C. The Bertz CT molecular complexity index is 693. The first kappa shape index (κ1) is 23.2. The summed E-state index contributed by atoms with van der Waals surface area (Å²) in [5.74, 6) is -0.320. The van der Waals surface area contributed by atoms with Crippen LogP contribution in [0, 0.1) is 6.92 Å². The Morgan fingerprint density at radius 1 is 1.07 bits per heavy atom. The van der Waals surface area contributed by atoms with Crippen LogP contribution in [0.5, 0.6) is 5.75 Å². The summed E-state index contributed by atoms with van der Waals surface area (Å²) in [4.78, 5) is 27.2. The minimum Gasteiger partial charge on any atom is -0.481 e. The van der Waals surface area contributed by atoms with Gasteiger partial charge in [0.05, 0.1) is 6.10 Å². The zero-order valence-electron chi connectivity index (χ0n) is 18.5. The molecule has 0 amide bonds. The van der Waals surface area contributed by atoms with Crippen LogP contribution in [0.15, 0.2) is 12.1 Å². The Labute approximate surface area is 174 Å². The Kier molecular flexibility index (Phi) is 8.96. The molecule has 1 aliphatic heterocycles. The molecule has 2 rings (SSSR count). The van der Waals surface area contributed by atoms with E-state index in [0.29, 0.717) is 17.9 Å². The topological polar surface area (TPSA) is 65.1 Å². The highest BCUT2D eigenvalue weighted by Crippen LogP contribution is 2.33. The van der Waals surface area contributed by atoms with Crippen LogP contribution in [-0.4, -0.2) is 55.8 Å². The molecule has 0 bridgehead atoms. The monoisotopic (exact) mass is 405 g/mol. The summed E-state index contributed by atoms with van der Waals surface area (Å²) < 4.78 is 16.6. The van der Waals surface area contributed by atoms with E-state index < -0.39 is 11.9 Å². The van der Waals surface area contributed by atoms with Crippen molar-refractivity contribution >= 4 is 11.9 Å². The number of aryl methyl sites for hydroxylation is 1. The summed E-state index contributed by atoms with van der Waals surface area (Å²) in [5, 5.41) is 0. The number of carbonyl (C=O) groups is 2. The summed E-state index contributed by atoms with van der Waals surface area (Å²) in [6.07, 6.45) is 3.45. The van der Waals surface area contributed by atoms with Crippen molar-refractivity contribution in [3.8, 4) is 5.75 Å². The fourth-order valence-corrected chi connectivity index (χ4v) is 3.48. The molecule has 1 heterocycles. The first-order chi connectivity index (χ1) is 13.8. The van der Waals surface area contributed by atoms with Gasteiger partial charge in [0, 0.05) is 6.54 Å². The van der Waals surface area contributed by atoms with E-state index in [1.165, 1.54) is 19.3 Å². The standard InChI is InChI=1S/C23H35NO5/c1-16(2)19-10-9-18(5)21(23(26)29-17(3)4)22(19)28-15-20(25)27-14-13-24-11-7-6-8-12-24/h9-10,16-17H,6-8,11-15H2,1-5H3.